The molecule has 4 aliphatic carbocycles. The van der Waals surface area contributed by atoms with Crippen LogP contribution in [0.1, 0.15) is 31.2 Å². The molecule has 0 N–H and O–H groups in total. The summed E-state index contributed by atoms with van der Waals surface area (Å²) in [5.41, 5.74) is 13.8. The third kappa shape index (κ3) is 4.32. The van der Waals surface area contributed by atoms with Gasteiger partial charge >= 0.3 is 0 Å². The summed E-state index contributed by atoms with van der Waals surface area (Å²) in [5.74, 6) is 3.00. The van der Waals surface area contributed by atoms with Crippen molar-refractivity contribution >= 4 is 49.4 Å². The normalized spacial score (nSPS) is 23.6. The van der Waals surface area contributed by atoms with Crippen molar-refractivity contribution in [3.63, 3.8) is 0 Å². The predicted molar refractivity (Wildman–Crippen MR) is 243 cm³/mol. The van der Waals surface area contributed by atoms with Crippen LogP contribution in [0.15, 0.2) is 194 Å². The molecule has 1 nitrogen and oxygen atoms in total. The molecular formula is C57H43N. The Morgan fingerprint density at radius 1 is 0.379 bits per heavy atom. The van der Waals surface area contributed by atoms with E-state index in [0.29, 0.717) is 10.8 Å². The van der Waals surface area contributed by atoms with Gasteiger partial charge in [-0.05, 0) is 151 Å². The van der Waals surface area contributed by atoms with Gasteiger partial charge < -0.3 is 4.90 Å². The summed E-state index contributed by atoms with van der Waals surface area (Å²) in [7, 11) is 0. The van der Waals surface area contributed by atoms with Crippen LogP contribution < -0.4 is 4.90 Å². The highest BCUT2D eigenvalue weighted by molar-refractivity contribution is 6.10. The third-order valence-electron chi connectivity index (χ3n) is 15.5. The van der Waals surface area contributed by atoms with Crippen molar-refractivity contribution in [2.45, 2.75) is 31.1 Å². The summed E-state index contributed by atoms with van der Waals surface area (Å²) in [4.78, 5) is 2.49. The lowest BCUT2D eigenvalue weighted by Crippen LogP contribution is -2.87. The summed E-state index contributed by atoms with van der Waals surface area (Å²) in [6.07, 6.45) is 5.81. The monoisotopic (exact) mass is 741 g/mol. The molecule has 276 valence electrons. The molecule has 0 amide bonds. The Labute approximate surface area is 340 Å². The zero-order chi connectivity index (χ0) is 38.0. The average Bonchev–Trinajstić information content (AvgIpc) is 3.26. The molecule has 0 heterocycles. The summed E-state index contributed by atoms with van der Waals surface area (Å²) in [6.45, 7) is 0. The van der Waals surface area contributed by atoms with E-state index in [2.05, 4.69) is 199 Å². The number of anilines is 3. The highest BCUT2D eigenvalue weighted by atomic mass is 15.1. The molecule has 2 unspecified atom stereocenters. The lowest BCUT2D eigenvalue weighted by molar-refractivity contribution is -0.395. The first-order valence-corrected chi connectivity index (χ1v) is 21.3. The van der Waals surface area contributed by atoms with Crippen LogP contribution in [-0.4, -0.2) is 0 Å². The maximum atomic E-state index is 2.50. The van der Waals surface area contributed by atoms with Crippen LogP contribution in [0.25, 0.3) is 65.7 Å². The molecule has 0 aromatic heterocycles. The number of nitrogens with zero attached hydrogens (tertiary/aromatic N) is 1. The summed E-state index contributed by atoms with van der Waals surface area (Å²) in [6, 6.07) is 72.5. The molecule has 2 atom stereocenters. The first-order valence-electron chi connectivity index (χ1n) is 21.3. The molecule has 0 aliphatic heterocycles. The van der Waals surface area contributed by atoms with Crippen molar-refractivity contribution in [2.75, 3.05) is 4.90 Å². The first-order chi connectivity index (χ1) is 28.7. The van der Waals surface area contributed by atoms with E-state index >= 15 is 0 Å². The molecule has 4 fully saturated rings. The Morgan fingerprint density at radius 3 is 1.71 bits per heavy atom. The summed E-state index contributed by atoms with van der Waals surface area (Å²) >= 11 is 0. The second-order valence-corrected chi connectivity index (χ2v) is 17.7. The molecular weight excluding hydrogens is 699 g/mol. The van der Waals surface area contributed by atoms with Gasteiger partial charge in [0.1, 0.15) is 0 Å². The van der Waals surface area contributed by atoms with Crippen molar-refractivity contribution in [3.05, 3.63) is 200 Å². The van der Waals surface area contributed by atoms with Crippen molar-refractivity contribution in [3.8, 4) is 33.4 Å². The lowest BCUT2D eigenvalue weighted by atomic mass is 9.12. The van der Waals surface area contributed by atoms with Gasteiger partial charge in [-0.25, -0.2) is 0 Å². The lowest BCUT2D eigenvalue weighted by Gasteiger charge is -2.91. The van der Waals surface area contributed by atoms with Crippen LogP contribution in [0.3, 0.4) is 0 Å². The van der Waals surface area contributed by atoms with Gasteiger partial charge in [-0.3, -0.25) is 0 Å². The van der Waals surface area contributed by atoms with Crippen LogP contribution in [0.4, 0.5) is 17.1 Å². The largest absolute Gasteiger partial charge is 0.310 e. The highest BCUT2D eigenvalue weighted by Gasteiger charge is 2.87. The molecule has 1 spiro atoms. The minimum atomic E-state index is 0.447. The molecule has 1 heteroatoms. The zero-order valence-corrected chi connectivity index (χ0v) is 32.5. The van der Waals surface area contributed by atoms with E-state index in [9.17, 15) is 0 Å². The minimum absolute atomic E-state index is 0.447. The number of fused-ring (bicyclic) bond motifs is 3. The molecule has 13 rings (SSSR count). The van der Waals surface area contributed by atoms with Gasteiger partial charge in [-0.1, -0.05) is 158 Å². The second kappa shape index (κ2) is 12.0. The SMILES string of the molecule is c1ccc(-c2cccc3cc(-c4ccc(N(c5ccc(C67CC8CC9CC(C6)C987)cc5)c5ccc(-c6cccc7ccccc67)c6ccccc56)cc4)ccc23)cc1. The fourth-order valence-electron chi connectivity index (χ4n) is 13.1. The molecule has 9 aromatic carbocycles. The van der Waals surface area contributed by atoms with Gasteiger partial charge in [0.05, 0.1) is 5.69 Å². The summed E-state index contributed by atoms with van der Waals surface area (Å²) < 4.78 is 0. The molecule has 58 heavy (non-hydrogen) atoms. The topological polar surface area (TPSA) is 3.24 Å². The van der Waals surface area contributed by atoms with Crippen molar-refractivity contribution in [1.29, 1.82) is 0 Å². The van der Waals surface area contributed by atoms with E-state index in [1.807, 2.05) is 0 Å². The van der Waals surface area contributed by atoms with Crippen molar-refractivity contribution in [1.82, 2.24) is 0 Å². The molecule has 9 aromatic rings. The maximum Gasteiger partial charge on any atom is 0.0540 e. The first kappa shape index (κ1) is 32.6. The number of rotatable bonds is 7. The average molecular weight is 742 g/mol. The smallest absolute Gasteiger partial charge is 0.0540 e. The number of benzene rings is 9. The standard InChI is InChI=1S/C57H43N/c1-2-10-38(11-3-1)48-18-9-14-41-32-40(22-29-50(41)48)37-20-25-46(26-21-37)58(47-27-23-42(24-28-47)56-35-44-33-43-34-45(36-56)57(43,44)56)55-31-30-53(52-16-6-7-17-54(52)55)51-19-8-13-39-12-4-5-15-49(39)51/h1-32,43-45H,33-36H2. The fraction of sp³-hybridized carbons (Fsp3) is 0.158. The van der Waals surface area contributed by atoms with Crippen LogP contribution in [0, 0.1) is 23.2 Å². The van der Waals surface area contributed by atoms with E-state index in [-0.39, 0.29) is 0 Å². The second-order valence-electron chi connectivity index (χ2n) is 17.7. The van der Waals surface area contributed by atoms with Gasteiger partial charge in [0.25, 0.3) is 0 Å². The van der Waals surface area contributed by atoms with Crippen LogP contribution >= 0.6 is 0 Å². The molecule has 4 aliphatic rings. The Kier molecular flexibility index (Phi) is 6.77. The molecule has 4 saturated carbocycles. The van der Waals surface area contributed by atoms with Gasteiger partial charge in [-0.15, -0.1) is 0 Å². The van der Waals surface area contributed by atoms with Gasteiger partial charge in [-0.2, -0.15) is 0 Å². The van der Waals surface area contributed by atoms with Crippen molar-refractivity contribution in [2.24, 2.45) is 23.2 Å². The van der Waals surface area contributed by atoms with Crippen molar-refractivity contribution < 1.29 is 0 Å². The van der Waals surface area contributed by atoms with Crippen LogP contribution in [-0.2, 0) is 5.41 Å². The Morgan fingerprint density at radius 2 is 0.966 bits per heavy atom. The molecule has 0 radical (unpaired) electrons. The predicted octanol–water partition coefficient (Wildman–Crippen LogP) is 15.3. The van der Waals surface area contributed by atoms with Crippen LogP contribution in [0.2, 0.25) is 0 Å². The Bertz CT molecular complexity index is 3050. The van der Waals surface area contributed by atoms with Crippen LogP contribution in [0.5, 0.6) is 0 Å². The highest BCUT2D eigenvalue weighted by Crippen LogP contribution is 2.92. The van der Waals surface area contributed by atoms with Gasteiger partial charge in [0.2, 0.25) is 0 Å². The maximum absolute atomic E-state index is 2.50. The Hall–Kier alpha value is -6.44. The fourth-order valence-corrected chi connectivity index (χ4v) is 13.1. The Balaban J connectivity index is 0.921. The number of hydrogen-bond donors (Lipinski definition) is 0. The zero-order valence-electron chi connectivity index (χ0n) is 32.5. The van der Waals surface area contributed by atoms with Gasteiger partial charge in [0.15, 0.2) is 0 Å². The third-order valence-corrected chi connectivity index (χ3v) is 15.5. The van der Waals surface area contributed by atoms with Gasteiger partial charge in [0, 0.05) is 22.2 Å². The van der Waals surface area contributed by atoms with E-state index in [4.69, 9.17) is 0 Å². The van der Waals surface area contributed by atoms with E-state index in [0.717, 1.165) is 23.4 Å². The number of hydrogen-bond acceptors (Lipinski definition) is 1. The van der Waals surface area contributed by atoms with E-state index in [1.54, 1.807) is 5.56 Å². The van der Waals surface area contributed by atoms with E-state index in [1.165, 1.54) is 103 Å². The molecule has 0 bridgehead atoms. The van der Waals surface area contributed by atoms with E-state index < -0.39 is 0 Å². The summed E-state index contributed by atoms with van der Waals surface area (Å²) in [5, 5.41) is 7.60. The minimum Gasteiger partial charge on any atom is -0.310 e. The quantitative estimate of drug-likeness (QED) is 0.157. The molecule has 0 saturated heterocycles.